The molecular formula is C15H14Br2FN. The summed E-state index contributed by atoms with van der Waals surface area (Å²) >= 11 is 6.82. The molecule has 0 amide bonds. The average molecular weight is 387 g/mol. The Morgan fingerprint density at radius 1 is 1.05 bits per heavy atom. The minimum atomic E-state index is -0.249. The Bertz CT molecular complexity index is 599. The van der Waals surface area contributed by atoms with Crippen molar-refractivity contribution in [1.82, 2.24) is 5.32 Å². The maximum absolute atomic E-state index is 13.3. The van der Waals surface area contributed by atoms with E-state index in [-0.39, 0.29) is 11.9 Å². The fourth-order valence-electron chi connectivity index (χ4n) is 2.06. The highest BCUT2D eigenvalue weighted by molar-refractivity contribution is 9.10. The molecule has 0 bridgehead atoms. The molecule has 0 heterocycles. The molecule has 19 heavy (non-hydrogen) atoms. The molecule has 0 saturated carbocycles. The predicted octanol–water partition coefficient (Wildman–Crippen LogP) is 4.97. The molecule has 0 aliphatic rings. The average Bonchev–Trinajstić information content (AvgIpc) is 2.37. The zero-order valence-electron chi connectivity index (χ0n) is 10.7. The summed E-state index contributed by atoms with van der Waals surface area (Å²) in [6, 6.07) is 11.3. The molecule has 0 spiro atoms. The van der Waals surface area contributed by atoms with Crippen LogP contribution >= 0.6 is 31.9 Å². The highest BCUT2D eigenvalue weighted by atomic mass is 79.9. The van der Waals surface area contributed by atoms with Crippen molar-refractivity contribution >= 4 is 31.9 Å². The summed E-state index contributed by atoms with van der Waals surface area (Å²) in [4.78, 5) is 0. The molecule has 0 aliphatic heterocycles. The number of benzene rings is 2. The highest BCUT2D eigenvalue weighted by Gasteiger charge is 2.16. The Hall–Kier alpha value is -0.710. The molecule has 1 unspecified atom stereocenters. The Kier molecular flexibility index (Phi) is 4.76. The molecule has 0 aliphatic carbocycles. The Morgan fingerprint density at radius 3 is 2.37 bits per heavy atom. The number of halogens is 3. The van der Waals surface area contributed by atoms with Gasteiger partial charge >= 0.3 is 0 Å². The van der Waals surface area contributed by atoms with Gasteiger partial charge in [0.1, 0.15) is 5.82 Å². The second-order valence-electron chi connectivity index (χ2n) is 4.42. The van der Waals surface area contributed by atoms with Gasteiger partial charge in [0.2, 0.25) is 0 Å². The van der Waals surface area contributed by atoms with Gasteiger partial charge in [-0.15, -0.1) is 0 Å². The van der Waals surface area contributed by atoms with Gasteiger partial charge in [0, 0.05) is 4.47 Å². The molecule has 0 fully saturated rings. The first-order chi connectivity index (χ1) is 9.02. The van der Waals surface area contributed by atoms with Gasteiger partial charge in [0.05, 0.1) is 10.5 Å². The van der Waals surface area contributed by atoms with Crippen LogP contribution in [0.5, 0.6) is 0 Å². The second kappa shape index (κ2) is 6.16. The fraction of sp³-hybridized carbons (Fsp3) is 0.200. The molecule has 0 aromatic heterocycles. The van der Waals surface area contributed by atoms with Crippen LogP contribution in [0.4, 0.5) is 4.39 Å². The van der Waals surface area contributed by atoms with Gasteiger partial charge in [-0.1, -0.05) is 34.1 Å². The van der Waals surface area contributed by atoms with E-state index in [9.17, 15) is 4.39 Å². The van der Waals surface area contributed by atoms with Gasteiger partial charge in [-0.05, 0) is 64.8 Å². The van der Waals surface area contributed by atoms with E-state index < -0.39 is 0 Å². The summed E-state index contributed by atoms with van der Waals surface area (Å²) in [5.74, 6) is -0.249. The summed E-state index contributed by atoms with van der Waals surface area (Å²) in [6.45, 7) is 2.05. The third-order valence-electron chi connectivity index (χ3n) is 3.03. The molecule has 1 nitrogen and oxygen atoms in total. The van der Waals surface area contributed by atoms with Crippen LogP contribution in [0.3, 0.4) is 0 Å². The maximum Gasteiger partial charge on any atom is 0.137 e. The Balaban J connectivity index is 2.46. The summed E-state index contributed by atoms with van der Waals surface area (Å²) in [5, 5.41) is 3.27. The third-order valence-corrected chi connectivity index (χ3v) is 4.33. The second-order valence-corrected chi connectivity index (χ2v) is 6.13. The SMILES string of the molecule is CNC(c1ccc(F)c(Br)c1)c1ccc(C)cc1Br. The van der Waals surface area contributed by atoms with Crippen LogP contribution in [-0.2, 0) is 0 Å². The van der Waals surface area contributed by atoms with Crippen molar-refractivity contribution in [2.75, 3.05) is 7.05 Å². The first-order valence-electron chi connectivity index (χ1n) is 5.91. The first kappa shape index (κ1) is 14.7. The summed E-state index contributed by atoms with van der Waals surface area (Å²) in [5.41, 5.74) is 3.35. The van der Waals surface area contributed by atoms with Crippen LogP contribution in [0.25, 0.3) is 0 Å². The minimum Gasteiger partial charge on any atom is -0.309 e. The monoisotopic (exact) mass is 385 g/mol. The van der Waals surface area contributed by atoms with E-state index in [1.54, 1.807) is 6.07 Å². The lowest BCUT2D eigenvalue weighted by atomic mass is 9.98. The third kappa shape index (κ3) is 3.25. The molecule has 4 heteroatoms. The van der Waals surface area contributed by atoms with Crippen LogP contribution < -0.4 is 5.32 Å². The standard InChI is InChI=1S/C15H14Br2FN/c1-9-3-5-11(12(16)7-9)15(19-2)10-4-6-14(18)13(17)8-10/h3-8,15,19H,1-2H3. The fourth-order valence-corrected chi connectivity index (χ4v) is 3.18. The van der Waals surface area contributed by atoms with E-state index >= 15 is 0 Å². The van der Waals surface area contributed by atoms with E-state index in [1.807, 2.05) is 13.1 Å². The molecule has 2 aromatic carbocycles. The van der Waals surface area contributed by atoms with Crippen LogP contribution in [-0.4, -0.2) is 7.05 Å². The van der Waals surface area contributed by atoms with Crippen LogP contribution in [0, 0.1) is 12.7 Å². The lowest BCUT2D eigenvalue weighted by Gasteiger charge is -2.19. The quantitative estimate of drug-likeness (QED) is 0.785. The first-order valence-corrected chi connectivity index (χ1v) is 7.50. The highest BCUT2D eigenvalue weighted by Crippen LogP contribution is 2.31. The summed E-state index contributed by atoms with van der Waals surface area (Å²) in [6.07, 6.45) is 0. The van der Waals surface area contributed by atoms with Gasteiger partial charge in [-0.2, -0.15) is 0 Å². The van der Waals surface area contributed by atoms with E-state index in [4.69, 9.17) is 0 Å². The van der Waals surface area contributed by atoms with Gasteiger partial charge < -0.3 is 5.32 Å². The van der Waals surface area contributed by atoms with Crippen molar-refractivity contribution in [3.8, 4) is 0 Å². The normalized spacial score (nSPS) is 12.5. The number of rotatable bonds is 3. The largest absolute Gasteiger partial charge is 0.309 e. The molecule has 0 saturated heterocycles. The Morgan fingerprint density at radius 2 is 1.79 bits per heavy atom. The minimum absolute atomic E-state index is 0.0203. The van der Waals surface area contributed by atoms with Crippen molar-refractivity contribution in [3.63, 3.8) is 0 Å². The van der Waals surface area contributed by atoms with E-state index in [2.05, 4.69) is 62.3 Å². The molecule has 0 radical (unpaired) electrons. The van der Waals surface area contributed by atoms with E-state index in [0.717, 1.165) is 15.6 Å². The smallest absolute Gasteiger partial charge is 0.137 e. The molecule has 2 rings (SSSR count). The van der Waals surface area contributed by atoms with Crippen LogP contribution in [0.15, 0.2) is 45.3 Å². The van der Waals surface area contributed by atoms with Crippen LogP contribution in [0.2, 0.25) is 0 Å². The van der Waals surface area contributed by atoms with Crippen molar-refractivity contribution in [1.29, 1.82) is 0 Å². The predicted molar refractivity (Wildman–Crippen MR) is 83.9 cm³/mol. The van der Waals surface area contributed by atoms with Gasteiger partial charge in [0.15, 0.2) is 0 Å². The van der Waals surface area contributed by atoms with Crippen molar-refractivity contribution in [2.24, 2.45) is 0 Å². The topological polar surface area (TPSA) is 12.0 Å². The van der Waals surface area contributed by atoms with Crippen molar-refractivity contribution in [3.05, 3.63) is 67.9 Å². The summed E-state index contributed by atoms with van der Waals surface area (Å²) in [7, 11) is 1.90. The van der Waals surface area contributed by atoms with Gasteiger partial charge in [-0.3, -0.25) is 0 Å². The molecule has 1 N–H and O–H groups in total. The van der Waals surface area contributed by atoms with Gasteiger partial charge in [-0.25, -0.2) is 4.39 Å². The lowest BCUT2D eigenvalue weighted by molar-refractivity contribution is 0.616. The van der Waals surface area contributed by atoms with E-state index in [0.29, 0.717) is 4.47 Å². The molecular weight excluding hydrogens is 373 g/mol. The van der Waals surface area contributed by atoms with Crippen molar-refractivity contribution < 1.29 is 4.39 Å². The van der Waals surface area contributed by atoms with Crippen LogP contribution in [0.1, 0.15) is 22.7 Å². The zero-order chi connectivity index (χ0) is 14.0. The molecule has 100 valence electrons. The number of hydrogen-bond acceptors (Lipinski definition) is 1. The van der Waals surface area contributed by atoms with E-state index in [1.165, 1.54) is 11.6 Å². The molecule has 1 atom stereocenters. The number of nitrogens with one attached hydrogen (secondary N) is 1. The maximum atomic E-state index is 13.3. The zero-order valence-corrected chi connectivity index (χ0v) is 13.8. The summed E-state index contributed by atoms with van der Waals surface area (Å²) < 4.78 is 14.9. The Labute approximate surface area is 129 Å². The molecule has 2 aromatic rings. The van der Waals surface area contributed by atoms with Crippen molar-refractivity contribution in [2.45, 2.75) is 13.0 Å². The lowest BCUT2D eigenvalue weighted by Crippen LogP contribution is -2.18. The number of aryl methyl sites for hydroxylation is 1. The number of hydrogen-bond donors (Lipinski definition) is 1. The van der Waals surface area contributed by atoms with Gasteiger partial charge in [0.25, 0.3) is 0 Å².